The lowest BCUT2D eigenvalue weighted by atomic mass is 10.1. The fourth-order valence-corrected chi connectivity index (χ4v) is 0.956. The minimum atomic E-state index is -0.264. The number of carbonyl (C=O) groups is 1. The molecule has 0 atom stereocenters. The average molecular weight is 152 g/mol. The molecular weight excluding hydrogens is 143 g/mol. The molecule has 0 N–H and O–H groups in total. The molecule has 1 aromatic carbocycles. The normalized spacial score (nSPS) is 9.64. The smallest absolute Gasteiger partial charge is 0.129 e. The molecule has 58 valence electrons. The Morgan fingerprint density at radius 1 is 1.55 bits per heavy atom. The molecule has 0 aliphatic rings. The van der Waals surface area contributed by atoms with Crippen molar-refractivity contribution in [3.8, 4) is 0 Å². The topological polar surface area (TPSA) is 17.1 Å². The number of carbonyl (C=O) groups excluding carboxylic acids is 1. The first-order valence-corrected chi connectivity index (χ1v) is 3.43. The second-order valence-electron chi connectivity index (χ2n) is 2.42. The first-order chi connectivity index (χ1) is 5.25. The predicted molar refractivity (Wildman–Crippen MR) is 40.9 cm³/mol. The van der Waals surface area contributed by atoms with E-state index in [-0.39, 0.29) is 12.2 Å². The summed E-state index contributed by atoms with van der Waals surface area (Å²) < 4.78 is 13.0. The molecule has 11 heavy (non-hydrogen) atoms. The van der Waals surface area contributed by atoms with Gasteiger partial charge in [-0.2, -0.15) is 0 Å². The zero-order valence-corrected chi connectivity index (χ0v) is 6.30. The van der Waals surface area contributed by atoms with Gasteiger partial charge < -0.3 is 4.79 Å². The zero-order chi connectivity index (χ0) is 8.27. The van der Waals surface area contributed by atoms with Gasteiger partial charge in [0.25, 0.3) is 0 Å². The van der Waals surface area contributed by atoms with Crippen molar-refractivity contribution in [2.24, 2.45) is 0 Å². The van der Waals surface area contributed by atoms with E-state index in [2.05, 4.69) is 0 Å². The van der Waals surface area contributed by atoms with Gasteiger partial charge in [0.05, 0.1) is 0 Å². The van der Waals surface area contributed by atoms with E-state index in [1.165, 1.54) is 0 Å². The van der Waals surface area contributed by atoms with Crippen LogP contribution in [0.3, 0.4) is 0 Å². The third kappa shape index (κ3) is 1.64. The fraction of sp³-hybridized carbons (Fsp3) is 0.222. The monoisotopic (exact) mass is 152 g/mol. The molecule has 0 spiro atoms. The van der Waals surface area contributed by atoms with Crippen LogP contribution in [0.15, 0.2) is 18.2 Å². The Balaban J connectivity index is 3.05. The fourth-order valence-electron chi connectivity index (χ4n) is 0.956. The lowest BCUT2D eigenvalue weighted by Crippen LogP contribution is -1.93. The lowest BCUT2D eigenvalue weighted by Gasteiger charge is -1.99. The molecule has 0 radical (unpaired) electrons. The minimum absolute atomic E-state index is 0.160. The number of hydrogen-bond acceptors (Lipinski definition) is 1. The van der Waals surface area contributed by atoms with Gasteiger partial charge in [0, 0.05) is 6.42 Å². The van der Waals surface area contributed by atoms with Crippen molar-refractivity contribution in [1.82, 2.24) is 0 Å². The summed E-state index contributed by atoms with van der Waals surface area (Å²) in [6.45, 7) is 1.68. The van der Waals surface area contributed by atoms with Crippen molar-refractivity contribution in [3.05, 3.63) is 35.1 Å². The molecule has 1 aromatic rings. The van der Waals surface area contributed by atoms with Gasteiger partial charge in [-0.05, 0) is 18.1 Å². The summed E-state index contributed by atoms with van der Waals surface area (Å²) in [5.74, 6) is -0.264. The van der Waals surface area contributed by atoms with Crippen LogP contribution < -0.4 is 0 Å². The van der Waals surface area contributed by atoms with Crippen LogP contribution in [0.1, 0.15) is 11.1 Å². The maximum atomic E-state index is 13.0. The predicted octanol–water partition coefficient (Wildman–Crippen LogP) is 1.88. The van der Waals surface area contributed by atoms with Crippen LogP contribution in [0, 0.1) is 12.7 Å². The number of hydrogen-bond donors (Lipinski definition) is 0. The highest BCUT2D eigenvalue weighted by Crippen LogP contribution is 2.11. The van der Waals surface area contributed by atoms with Gasteiger partial charge in [0.2, 0.25) is 0 Å². The highest BCUT2D eigenvalue weighted by atomic mass is 19.1. The van der Waals surface area contributed by atoms with E-state index in [9.17, 15) is 9.18 Å². The van der Waals surface area contributed by atoms with Gasteiger partial charge >= 0.3 is 0 Å². The van der Waals surface area contributed by atoms with Crippen LogP contribution in [0.2, 0.25) is 0 Å². The zero-order valence-electron chi connectivity index (χ0n) is 6.30. The van der Waals surface area contributed by atoms with E-state index in [4.69, 9.17) is 0 Å². The van der Waals surface area contributed by atoms with Gasteiger partial charge in [-0.25, -0.2) is 4.39 Å². The third-order valence-electron chi connectivity index (χ3n) is 1.58. The first kappa shape index (κ1) is 7.92. The van der Waals surface area contributed by atoms with Crippen molar-refractivity contribution >= 4 is 6.29 Å². The summed E-state index contributed by atoms with van der Waals surface area (Å²) in [5, 5.41) is 0. The number of aldehydes is 1. The molecule has 0 bridgehead atoms. The average Bonchev–Trinajstić information content (AvgIpc) is 1.99. The standard InChI is InChI=1S/C9H9FO/c1-7-3-2-4-8(5-6-11)9(7)10/h2-4,6H,5H2,1H3. The summed E-state index contributed by atoms with van der Waals surface area (Å²) in [7, 11) is 0. The molecule has 2 heteroatoms. The Bertz CT molecular complexity index is 268. The van der Waals surface area contributed by atoms with Gasteiger partial charge in [-0.1, -0.05) is 18.2 Å². The van der Waals surface area contributed by atoms with E-state index in [0.717, 1.165) is 0 Å². The molecule has 0 amide bonds. The first-order valence-electron chi connectivity index (χ1n) is 3.43. The largest absolute Gasteiger partial charge is 0.303 e. The summed E-state index contributed by atoms with van der Waals surface area (Å²) in [6, 6.07) is 5.05. The molecule has 0 aromatic heterocycles. The van der Waals surface area contributed by atoms with E-state index >= 15 is 0 Å². The number of aryl methyl sites for hydroxylation is 1. The third-order valence-corrected chi connectivity index (χ3v) is 1.58. The molecule has 1 nitrogen and oxygen atoms in total. The number of halogens is 1. The Kier molecular flexibility index (Phi) is 2.36. The van der Waals surface area contributed by atoms with Crippen molar-refractivity contribution in [2.75, 3.05) is 0 Å². The molecule has 0 unspecified atom stereocenters. The van der Waals surface area contributed by atoms with E-state index in [0.29, 0.717) is 17.4 Å². The maximum Gasteiger partial charge on any atom is 0.129 e. The quantitative estimate of drug-likeness (QED) is 0.591. The Labute approximate surface area is 64.9 Å². The van der Waals surface area contributed by atoms with Crippen LogP contribution >= 0.6 is 0 Å². The molecule has 1 rings (SSSR count). The summed E-state index contributed by atoms with van der Waals surface area (Å²) in [6.07, 6.45) is 0.866. The Hall–Kier alpha value is -1.18. The second-order valence-corrected chi connectivity index (χ2v) is 2.42. The molecular formula is C9H9FO. The SMILES string of the molecule is Cc1cccc(CC=O)c1F. The highest BCUT2D eigenvalue weighted by molar-refractivity contribution is 5.55. The van der Waals surface area contributed by atoms with Crippen molar-refractivity contribution in [2.45, 2.75) is 13.3 Å². The maximum absolute atomic E-state index is 13.0. The second kappa shape index (κ2) is 3.28. The van der Waals surface area contributed by atoms with Crippen LogP contribution in [0.4, 0.5) is 4.39 Å². The number of benzene rings is 1. The van der Waals surface area contributed by atoms with Gasteiger partial charge in [0.15, 0.2) is 0 Å². The van der Waals surface area contributed by atoms with Crippen molar-refractivity contribution in [1.29, 1.82) is 0 Å². The van der Waals surface area contributed by atoms with E-state index < -0.39 is 0 Å². The molecule has 0 heterocycles. The van der Waals surface area contributed by atoms with E-state index in [1.807, 2.05) is 0 Å². The van der Waals surface area contributed by atoms with Crippen molar-refractivity contribution in [3.63, 3.8) is 0 Å². The summed E-state index contributed by atoms with van der Waals surface area (Å²) in [5.41, 5.74) is 1.06. The van der Waals surface area contributed by atoms with Crippen LogP contribution in [0.25, 0.3) is 0 Å². The van der Waals surface area contributed by atoms with Crippen LogP contribution in [-0.4, -0.2) is 6.29 Å². The van der Waals surface area contributed by atoms with Crippen molar-refractivity contribution < 1.29 is 9.18 Å². The Morgan fingerprint density at radius 2 is 2.27 bits per heavy atom. The van der Waals surface area contributed by atoms with Gasteiger partial charge in [-0.3, -0.25) is 0 Å². The van der Waals surface area contributed by atoms with Crippen LogP contribution in [-0.2, 0) is 11.2 Å². The Morgan fingerprint density at radius 3 is 2.91 bits per heavy atom. The molecule has 0 saturated carbocycles. The molecule has 0 fully saturated rings. The molecule has 0 saturated heterocycles. The van der Waals surface area contributed by atoms with Gasteiger partial charge in [-0.15, -0.1) is 0 Å². The molecule has 0 aliphatic heterocycles. The number of rotatable bonds is 2. The van der Waals surface area contributed by atoms with E-state index in [1.54, 1.807) is 25.1 Å². The highest BCUT2D eigenvalue weighted by Gasteiger charge is 2.02. The lowest BCUT2D eigenvalue weighted by molar-refractivity contribution is -0.107. The summed E-state index contributed by atoms with van der Waals surface area (Å²) >= 11 is 0. The minimum Gasteiger partial charge on any atom is -0.303 e. The van der Waals surface area contributed by atoms with Crippen LogP contribution in [0.5, 0.6) is 0 Å². The molecule has 0 aliphatic carbocycles. The van der Waals surface area contributed by atoms with Gasteiger partial charge in [0.1, 0.15) is 12.1 Å². The summed E-state index contributed by atoms with van der Waals surface area (Å²) in [4.78, 5) is 10.1.